The van der Waals surface area contributed by atoms with Gasteiger partial charge >= 0.3 is 0 Å². The molecule has 36 heavy (non-hydrogen) atoms. The Kier molecular flexibility index (Phi) is 5.66. The minimum atomic E-state index is 0.192. The number of hydrogen-bond donors (Lipinski definition) is 1. The van der Waals surface area contributed by atoms with Gasteiger partial charge in [0.2, 0.25) is 0 Å². The summed E-state index contributed by atoms with van der Waals surface area (Å²) in [6.07, 6.45) is 2.08. The van der Waals surface area contributed by atoms with E-state index in [9.17, 15) is 0 Å². The zero-order valence-corrected chi connectivity index (χ0v) is 20.4. The standard InChI is InChI=1S/C31H27N5/c1-21-22(2)36-20-25(17-18-29(36)33-21)30-34-28-16-10-9-15-26(28)31(35-30)32-19-27(23-11-5-3-6-12-23)24-13-7-4-8-14-24/h3-18,20,27H,19H2,1-2H3,(H,32,34,35). The quantitative estimate of drug-likeness (QED) is 0.291. The average Bonchev–Trinajstić information content (AvgIpc) is 3.22. The summed E-state index contributed by atoms with van der Waals surface area (Å²) in [5.41, 5.74) is 7.50. The van der Waals surface area contributed by atoms with Crippen LogP contribution in [0.5, 0.6) is 0 Å². The van der Waals surface area contributed by atoms with Crippen molar-refractivity contribution in [2.24, 2.45) is 0 Å². The number of hydrogen-bond acceptors (Lipinski definition) is 4. The zero-order chi connectivity index (χ0) is 24.5. The first kappa shape index (κ1) is 22.0. The molecule has 0 bridgehead atoms. The molecule has 6 rings (SSSR count). The van der Waals surface area contributed by atoms with E-state index in [-0.39, 0.29) is 5.92 Å². The van der Waals surface area contributed by atoms with Crippen LogP contribution in [0.15, 0.2) is 103 Å². The average molecular weight is 470 g/mol. The molecule has 5 heteroatoms. The van der Waals surface area contributed by atoms with Crippen LogP contribution in [0.2, 0.25) is 0 Å². The molecule has 3 aromatic carbocycles. The Morgan fingerprint density at radius 1 is 0.722 bits per heavy atom. The van der Waals surface area contributed by atoms with E-state index in [1.54, 1.807) is 0 Å². The molecular formula is C31H27N5. The molecule has 176 valence electrons. The fourth-order valence-corrected chi connectivity index (χ4v) is 4.75. The molecule has 0 saturated heterocycles. The first-order valence-electron chi connectivity index (χ1n) is 12.2. The van der Waals surface area contributed by atoms with Crippen LogP contribution >= 0.6 is 0 Å². The number of aryl methyl sites for hydroxylation is 2. The summed E-state index contributed by atoms with van der Waals surface area (Å²) in [6.45, 7) is 4.83. The molecule has 0 aliphatic rings. The number of nitrogens with one attached hydrogen (secondary N) is 1. The van der Waals surface area contributed by atoms with Gasteiger partial charge in [-0.2, -0.15) is 0 Å². The van der Waals surface area contributed by atoms with Crippen molar-refractivity contribution in [3.8, 4) is 11.4 Å². The fraction of sp³-hybridized carbons (Fsp3) is 0.129. The fourth-order valence-electron chi connectivity index (χ4n) is 4.75. The van der Waals surface area contributed by atoms with E-state index in [1.165, 1.54) is 11.1 Å². The zero-order valence-electron chi connectivity index (χ0n) is 20.4. The van der Waals surface area contributed by atoms with E-state index in [2.05, 4.69) is 94.6 Å². The number of rotatable bonds is 6. The van der Waals surface area contributed by atoms with Gasteiger partial charge in [-0.1, -0.05) is 72.8 Å². The van der Waals surface area contributed by atoms with Gasteiger partial charge in [0.05, 0.1) is 11.2 Å². The minimum absolute atomic E-state index is 0.192. The van der Waals surface area contributed by atoms with Crippen LogP contribution in [-0.4, -0.2) is 25.9 Å². The van der Waals surface area contributed by atoms with Gasteiger partial charge in [-0.05, 0) is 49.2 Å². The third kappa shape index (κ3) is 4.09. The van der Waals surface area contributed by atoms with Crippen molar-refractivity contribution in [2.75, 3.05) is 11.9 Å². The topological polar surface area (TPSA) is 55.1 Å². The predicted molar refractivity (Wildman–Crippen MR) is 146 cm³/mol. The molecule has 5 nitrogen and oxygen atoms in total. The van der Waals surface area contributed by atoms with Crippen LogP contribution in [0, 0.1) is 13.8 Å². The number of anilines is 1. The van der Waals surface area contributed by atoms with Gasteiger partial charge in [0.1, 0.15) is 11.5 Å². The lowest BCUT2D eigenvalue weighted by Gasteiger charge is -2.20. The molecule has 6 aromatic rings. The van der Waals surface area contributed by atoms with Crippen LogP contribution in [0.4, 0.5) is 5.82 Å². The largest absolute Gasteiger partial charge is 0.368 e. The van der Waals surface area contributed by atoms with Crippen LogP contribution in [-0.2, 0) is 0 Å². The maximum atomic E-state index is 5.02. The van der Waals surface area contributed by atoms with Gasteiger partial charge in [0, 0.05) is 35.3 Å². The summed E-state index contributed by atoms with van der Waals surface area (Å²) in [5, 5.41) is 4.69. The summed E-state index contributed by atoms with van der Waals surface area (Å²) in [6, 6.07) is 33.5. The van der Waals surface area contributed by atoms with Crippen molar-refractivity contribution in [1.29, 1.82) is 0 Å². The van der Waals surface area contributed by atoms with Crippen molar-refractivity contribution in [3.05, 3.63) is 126 Å². The second kappa shape index (κ2) is 9.27. The van der Waals surface area contributed by atoms with Crippen LogP contribution in [0.25, 0.3) is 27.9 Å². The summed E-state index contributed by atoms with van der Waals surface area (Å²) in [5.74, 6) is 1.73. The monoisotopic (exact) mass is 469 g/mol. The molecule has 3 heterocycles. The lowest BCUT2D eigenvalue weighted by Crippen LogP contribution is -2.15. The number of para-hydroxylation sites is 1. The van der Waals surface area contributed by atoms with Crippen LogP contribution in [0.1, 0.15) is 28.4 Å². The van der Waals surface area contributed by atoms with E-state index in [0.29, 0.717) is 12.4 Å². The van der Waals surface area contributed by atoms with Gasteiger partial charge in [0.25, 0.3) is 0 Å². The van der Waals surface area contributed by atoms with Crippen molar-refractivity contribution in [3.63, 3.8) is 0 Å². The third-order valence-corrected chi connectivity index (χ3v) is 6.83. The highest BCUT2D eigenvalue weighted by Crippen LogP contribution is 2.29. The van der Waals surface area contributed by atoms with E-state index in [1.807, 2.05) is 37.3 Å². The molecule has 0 aliphatic heterocycles. The lowest BCUT2D eigenvalue weighted by molar-refractivity contribution is 0.849. The summed E-state index contributed by atoms with van der Waals surface area (Å²) >= 11 is 0. The Bertz CT molecular complexity index is 1620. The Labute approximate surface area is 210 Å². The molecule has 0 aliphatic carbocycles. The van der Waals surface area contributed by atoms with Crippen molar-refractivity contribution < 1.29 is 0 Å². The Balaban J connectivity index is 1.41. The number of benzene rings is 3. The Hall–Kier alpha value is -4.51. The van der Waals surface area contributed by atoms with E-state index < -0.39 is 0 Å². The van der Waals surface area contributed by atoms with Crippen molar-refractivity contribution >= 4 is 22.4 Å². The number of aromatic nitrogens is 4. The number of fused-ring (bicyclic) bond motifs is 2. The maximum Gasteiger partial charge on any atom is 0.163 e. The van der Waals surface area contributed by atoms with Gasteiger partial charge in [0.15, 0.2) is 5.82 Å². The van der Waals surface area contributed by atoms with Gasteiger partial charge < -0.3 is 9.72 Å². The molecule has 0 atom stereocenters. The van der Waals surface area contributed by atoms with E-state index >= 15 is 0 Å². The second-order valence-corrected chi connectivity index (χ2v) is 9.10. The highest BCUT2D eigenvalue weighted by Gasteiger charge is 2.16. The van der Waals surface area contributed by atoms with Gasteiger partial charge in [-0.3, -0.25) is 0 Å². The number of nitrogens with zero attached hydrogens (tertiary/aromatic N) is 4. The normalized spacial score (nSPS) is 11.4. The summed E-state index contributed by atoms with van der Waals surface area (Å²) < 4.78 is 2.11. The van der Waals surface area contributed by atoms with E-state index in [4.69, 9.17) is 9.97 Å². The van der Waals surface area contributed by atoms with Crippen molar-refractivity contribution in [1.82, 2.24) is 19.4 Å². The molecule has 0 saturated carbocycles. The predicted octanol–water partition coefficient (Wildman–Crippen LogP) is 6.81. The molecule has 1 N–H and O–H groups in total. The third-order valence-electron chi connectivity index (χ3n) is 6.83. The first-order chi connectivity index (χ1) is 17.7. The molecule has 0 fully saturated rings. The maximum absolute atomic E-state index is 5.02. The highest BCUT2D eigenvalue weighted by molar-refractivity contribution is 5.90. The molecule has 3 aromatic heterocycles. The minimum Gasteiger partial charge on any atom is -0.368 e. The molecule has 0 amide bonds. The Morgan fingerprint density at radius 3 is 2.11 bits per heavy atom. The molecule has 0 unspecified atom stereocenters. The van der Waals surface area contributed by atoms with Gasteiger partial charge in [-0.15, -0.1) is 0 Å². The molecule has 0 radical (unpaired) electrons. The first-order valence-corrected chi connectivity index (χ1v) is 12.2. The van der Waals surface area contributed by atoms with Crippen LogP contribution < -0.4 is 5.32 Å². The number of pyridine rings is 1. The highest BCUT2D eigenvalue weighted by atomic mass is 15.0. The molecule has 0 spiro atoms. The molecular weight excluding hydrogens is 442 g/mol. The SMILES string of the molecule is Cc1nc2ccc(-c3nc(NCC(c4ccccc4)c4ccccc4)c4ccccc4n3)cn2c1C. The van der Waals surface area contributed by atoms with Crippen molar-refractivity contribution in [2.45, 2.75) is 19.8 Å². The smallest absolute Gasteiger partial charge is 0.163 e. The van der Waals surface area contributed by atoms with Gasteiger partial charge in [-0.25, -0.2) is 15.0 Å². The van der Waals surface area contributed by atoms with Crippen LogP contribution in [0.3, 0.4) is 0 Å². The second-order valence-electron chi connectivity index (χ2n) is 9.10. The summed E-state index contributed by atoms with van der Waals surface area (Å²) in [4.78, 5) is 14.6. The van der Waals surface area contributed by atoms with E-state index in [0.717, 1.165) is 39.3 Å². The number of imidazole rings is 1. The Morgan fingerprint density at radius 2 is 1.39 bits per heavy atom. The summed E-state index contributed by atoms with van der Waals surface area (Å²) in [7, 11) is 0. The lowest BCUT2D eigenvalue weighted by atomic mass is 9.91.